The van der Waals surface area contributed by atoms with Gasteiger partial charge in [0.25, 0.3) is 0 Å². The van der Waals surface area contributed by atoms with Crippen molar-refractivity contribution >= 4 is 5.97 Å². The van der Waals surface area contributed by atoms with Gasteiger partial charge in [0, 0.05) is 13.0 Å². The van der Waals surface area contributed by atoms with E-state index in [4.69, 9.17) is 18.9 Å². The Labute approximate surface area is 421 Å². The van der Waals surface area contributed by atoms with Crippen LogP contribution in [0.3, 0.4) is 0 Å². The van der Waals surface area contributed by atoms with Gasteiger partial charge in [-0.3, -0.25) is 4.79 Å². The molecule has 1 aliphatic rings. The molecule has 1 saturated heterocycles. The molecule has 0 radical (unpaired) electrons. The zero-order valence-corrected chi connectivity index (χ0v) is 45.1. The molecular weight excluding hydrogens is 853 g/mol. The second kappa shape index (κ2) is 51.1. The molecule has 0 aliphatic carbocycles. The standard InChI is InChI=1S/C59H116O9/c1-3-5-7-9-11-13-15-17-19-21-23-25-27-29-31-33-35-37-39-41-43-45-47-49-65-51-53(52-66-59-58(64)57(63)56(62)54(50-60)68-59)67-55(61)48-46-44-42-40-38-36-34-32-30-28-26-24-22-20-18-16-14-12-10-8-6-4-2/h53-54,56-60,62-64H,3-52H2,1-2H3. The highest BCUT2D eigenvalue weighted by atomic mass is 16.7. The van der Waals surface area contributed by atoms with Crippen LogP contribution in [0.5, 0.6) is 0 Å². The number of hydrogen-bond acceptors (Lipinski definition) is 9. The van der Waals surface area contributed by atoms with E-state index < -0.39 is 43.4 Å². The minimum Gasteiger partial charge on any atom is -0.457 e. The topological polar surface area (TPSA) is 135 Å². The van der Waals surface area contributed by atoms with Crippen molar-refractivity contribution in [3.8, 4) is 0 Å². The lowest BCUT2D eigenvalue weighted by Gasteiger charge is -2.39. The Kier molecular flexibility index (Phi) is 49.0. The lowest BCUT2D eigenvalue weighted by Crippen LogP contribution is -2.59. The van der Waals surface area contributed by atoms with Crippen LogP contribution in [0, 0.1) is 0 Å². The van der Waals surface area contributed by atoms with Crippen LogP contribution in [-0.4, -0.2) is 89.6 Å². The molecule has 0 spiro atoms. The molecule has 0 bridgehead atoms. The second-order valence-corrected chi connectivity index (χ2v) is 21.2. The van der Waals surface area contributed by atoms with Gasteiger partial charge in [0.05, 0.1) is 19.8 Å². The van der Waals surface area contributed by atoms with E-state index >= 15 is 0 Å². The largest absolute Gasteiger partial charge is 0.457 e. The minimum atomic E-state index is -1.53. The monoisotopic (exact) mass is 969 g/mol. The van der Waals surface area contributed by atoms with E-state index in [1.165, 1.54) is 257 Å². The average Bonchev–Trinajstić information content (AvgIpc) is 3.34. The molecule has 4 N–H and O–H groups in total. The fourth-order valence-corrected chi connectivity index (χ4v) is 9.85. The van der Waals surface area contributed by atoms with Gasteiger partial charge in [-0.1, -0.05) is 290 Å². The average molecular weight is 970 g/mol. The molecule has 0 aromatic heterocycles. The highest BCUT2D eigenvalue weighted by Gasteiger charge is 2.44. The maximum atomic E-state index is 12.9. The summed E-state index contributed by atoms with van der Waals surface area (Å²) in [5.41, 5.74) is 0. The summed E-state index contributed by atoms with van der Waals surface area (Å²) in [6.45, 7) is 4.65. The van der Waals surface area contributed by atoms with Gasteiger partial charge in [-0.15, -0.1) is 0 Å². The Morgan fingerprint density at radius 3 is 1.04 bits per heavy atom. The van der Waals surface area contributed by atoms with Crippen molar-refractivity contribution in [2.24, 2.45) is 0 Å². The fourth-order valence-electron chi connectivity index (χ4n) is 9.85. The van der Waals surface area contributed by atoms with Crippen LogP contribution in [0.1, 0.15) is 309 Å². The first-order chi connectivity index (χ1) is 33.4. The number of carbonyl (C=O) groups is 1. The number of carbonyl (C=O) groups excluding carboxylic acids is 1. The summed E-state index contributed by atoms with van der Waals surface area (Å²) in [5, 5.41) is 40.4. The van der Waals surface area contributed by atoms with Crippen molar-refractivity contribution < 1.29 is 44.2 Å². The predicted octanol–water partition coefficient (Wildman–Crippen LogP) is 15.7. The van der Waals surface area contributed by atoms with Crippen LogP contribution in [0.4, 0.5) is 0 Å². The first-order valence-corrected chi connectivity index (χ1v) is 30.1. The molecule has 1 fully saturated rings. The zero-order valence-electron chi connectivity index (χ0n) is 45.1. The smallest absolute Gasteiger partial charge is 0.306 e. The highest BCUT2D eigenvalue weighted by Crippen LogP contribution is 2.23. The van der Waals surface area contributed by atoms with Crippen molar-refractivity contribution in [1.29, 1.82) is 0 Å². The van der Waals surface area contributed by atoms with E-state index in [1.807, 2.05) is 0 Å². The lowest BCUT2D eigenvalue weighted by atomic mass is 9.99. The molecule has 9 nitrogen and oxygen atoms in total. The quantitative estimate of drug-likeness (QED) is 0.0347. The van der Waals surface area contributed by atoms with E-state index in [2.05, 4.69) is 13.8 Å². The van der Waals surface area contributed by atoms with Crippen LogP contribution in [0.25, 0.3) is 0 Å². The van der Waals surface area contributed by atoms with Crippen LogP contribution in [0.15, 0.2) is 0 Å². The highest BCUT2D eigenvalue weighted by molar-refractivity contribution is 5.69. The summed E-state index contributed by atoms with van der Waals surface area (Å²) in [6.07, 6.45) is 53.0. The first kappa shape index (κ1) is 65.2. The summed E-state index contributed by atoms with van der Waals surface area (Å²) in [4.78, 5) is 12.9. The molecule has 406 valence electrons. The number of aliphatic hydroxyl groups is 4. The summed E-state index contributed by atoms with van der Waals surface area (Å²) in [6, 6.07) is 0. The summed E-state index contributed by atoms with van der Waals surface area (Å²) < 4.78 is 23.0. The molecule has 0 saturated carbocycles. The third kappa shape index (κ3) is 40.7. The summed E-state index contributed by atoms with van der Waals surface area (Å²) in [7, 11) is 0. The van der Waals surface area contributed by atoms with Gasteiger partial charge in [0.2, 0.25) is 0 Å². The predicted molar refractivity (Wildman–Crippen MR) is 284 cm³/mol. The summed E-state index contributed by atoms with van der Waals surface area (Å²) >= 11 is 0. The Morgan fingerprint density at radius 2 is 0.721 bits per heavy atom. The van der Waals surface area contributed by atoms with Crippen molar-refractivity contribution in [2.45, 2.75) is 346 Å². The Bertz CT molecular complexity index is 1010. The molecule has 6 atom stereocenters. The molecule has 0 aromatic carbocycles. The normalized spacial score (nSPS) is 18.9. The van der Waals surface area contributed by atoms with Crippen molar-refractivity contribution in [3.63, 3.8) is 0 Å². The molecule has 68 heavy (non-hydrogen) atoms. The third-order valence-electron chi connectivity index (χ3n) is 14.5. The molecule has 1 rings (SSSR count). The van der Waals surface area contributed by atoms with Crippen molar-refractivity contribution in [2.75, 3.05) is 26.4 Å². The van der Waals surface area contributed by atoms with Gasteiger partial charge in [0.1, 0.15) is 30.5 Å². The maximum absolute atomic E-state index is 12.9. The van der Waals surface area contributed by atoms with Gasteiger partial charge < -0.3 is 39.4 Å². The van der Waals surface area contributed by atoms with Gasteiger partial charge in [-0.25, -0.2) is 0 Å². The summed E-state index contributed by atoms with van der Waals surface area (Å²) in [5.74, 6) is -0.302. The van der Waals surface area contributed by atoms with E-state index in [0.29, 0.717) is 13.0 Å². The SMILES string of the molecule is CCCCCCCCCCCCCCCCCCCCCCCCCOCC(COC1OC(CO)C(O)C(O)C1O)OC(=O)CCCCCCCCCCCCCCCCCCCCCCCC. The van der Waals surface area contributed by atoms with Gasteiger partial charge in [0.15, 0.2) is 6.29 Å². The maximum Gasteiger partial charge on any atom is 0.306 e. The second-order valence-electron chi connectivity index (χ2n) is 21.2. The van der Waals surface area contributed by atoms with E-state index in [0.717, 1.165) is 32.1 Å². The first-order valence-electron chi connectivity index (χ1n) is 30.1. The fraction of sp³-hybridized carbons (Fsp3) is 0.983. The van der Waals surface area contributed by atoms with Crippen LogP contribution in [-0.2, 0) is 23.7 Å². The number of aliphatic hydroxyl groups excluding tert-OH is 4. The zero-order chi connectivity index (χ0) is 49.2. The Hall–Kier alpha value is -0.810. The molecular formula is C59H116O9. The number of esters is 1. The number of rotatable bonds is 54. The minimum absolute atomic E-state index is 0.104. The molecule has 1 heterocycles. The van der Waals surface area contributed by atoms with Gasteiger partial charge in [-0.05, 0) is 12.8 Å². The molecule has 1 aliphatic heterocycles. The van der Waals surface area contributed by atoms with Crippen LogP contribution in [0.2, 0.25) is 0 Å². The number of hydrogen-bond donors (Lipinski definition) is 4. The number of unbranched alkanes of at least 4 members (excludes halogenated alkanes) is 43. The van der Waals surface area contributed by atoms with Gasteiger partial charge in [-0.2, -0.15) is 0 Å². The molecule has 0 aromatic rings. The van der Waals surface area contributed by atoms with E-state index in [9.17, 15) is 25.2 Å². The van der Waals surface area contributed by atoms with E-state index in [-0.39, 0.29) is 19.2 Å². The number of ether oxygens (including phenoxy) is 4. The molecule has 0 amide bonds. The van der Waals surface area contributed by atoms with Crippen molar-refractivity contribution in [3.05, 3.63) is 0 Å². The van der Waals surface area contributed by atoms with Crippen LogP contribution >= 0.6 is 0 Å². The third-order valence-corrected chi connectivity index (χ3v) is 14.5. The van der Waals surface area contributed by atoms with E-state index in [1.54, 1.807) is 0 Å². The Morgan fingerprint density at radius 1 is 0.412 bits per heavy atom. The van der Waals surface area contributed by atoms with Crippen molar-refractivity contribution in [1.82, 2.24) is 0 Å². The molecule has 6 unspecified atom stereocenters. The van der Waals surface area contributed by atoms with Gasteiger partial charge >= 0.3 is 5.97 Å². The molecule has 9 heteroatoms. The van der Waals surface area contributed by atoms with Crippen LogP contribution < -0.4 is 0 Å². The Balaban J connectivity index is 2.11. The lowest BCUT2D eigenvalue weighted by molar-refractivity contribution is -0.305.